The quantitative estimate of drug-likeness (QED) is 0.796. The molecule has 1 rings (SSSR count). The Kier molecular flexibility index (Phi) is 5.71. The maximum absolute atomic E-state index is 12.3. The van der Waals surface area contributed by atoms with Crippen LogP contribution in [0, 0.1) is 0 Å². The number of nitrogens with one attached hydrogen (secondary N) is 1. The van der Waals surface area contributed by atoms with Crippen molar-refractivity contribution >= 4 is 5.97 Å². The Bertz CT molecular complexity index is 379. The van der Waals surface area contributed by atoms with Gasteiger partial charge in [0.1, 0.15) is 6.04 Å². The molecule has 1 unspecified atom stereocenters. The number of carbonyl (C=O) groups excluding carboxylic acids is 1. The van der Waals surface area contributed by atoms with Crippen LogP contribution in [0.2, 0.25) is 0 Å². The average molecular weight is 257 g/mol. The number of hydrogen-bond donors (Lipinski definition) is 1. The van der Waals surface area contributed by atoms with E-state index in [1.165, 1.54) is 12.1 Å². The van der Waals surface area contributed by atoms with Crippen molar-refractivity contribution in [2.75, 3.05) is 6.61 Å². The normalized spacial score (nSPS) is 12.5. The summed E-state index contributed by atoms with van der Waals surface area (Å²) in [6.45, 7) is 4.22. The third-order valence-electron chi connectivity index (χ3n) is 2.48. The van der Waals surface area contributed by atoms with Gasteiger partial charge >= 0.3 is 5.97 Å². The predicted octanol–water partition coefficient (Wildman–Crippen LogP) is 2.67. The molecule has 18 heavy (non-hydrogen) atoms. The standard InChI is InChI=1S/C13H17F2NO2/c1-3-18-13(17)9(2)16-8-10-4-6-11(7-5-10)12(14)15/h4-7,9,12,16H,3,8H2,1-2H3. The van der Waals surface area contributed by atoms with Crippen LogP contribution in [0.25, 0.3) is 0 Å². The predicted molar refractivity (Wildman–Crippen MR) is 64.3 cm³/mol. The molecule has 0 amide bonds. The first-order valence-electron chi connectivity index (χ1n) is 5.81. The highest BCUT2D eigenvalue weighted by atomic mass is 19.3. The molecule has 1 aromatic carbocycles. The molecule has 1 N–H and O–H groups in total. The van der Waals surface area contributed by atoms with Gasteiger partial charge in [-0.15, -0.1) is 0 Å². The van der Waals surface area contributed by atoms with E-state index in [4.69, 9.17) is 4.74 Å². The summed E-state index contributed by atoms with van der Waals surface area (Å²) in [5.74, 6) is -0.318. The lowest BCUT2D eigenvalue weighted by atomic mass is 10.1. The Morgan fingerprint density at radius 3 is 2.44 bits per heavy atom. The number of rotatable bonds is 6. The molecular weight excluding hydrogens is 240 g/mol. The van der Waals surface area contributed by atoms with Gasteiger partial charge in [-0.1, -0.05) is 24.3 Å². The molecule has 0 saturated heterocycles. The van der Waals surface area contributed by atoms with E-state index in [0.29, 0.717) is 13.2 Å². The number of carbonyl (C=O) groups is 1. The van der Waals surface area contributed by atoms with E-state index in [0.717, 1.165) is 5.56 Å². The minimum atomic E-state index is -2.45. The summed E-state index contributed by atoms with van der Waals surface area (Å²) >= 11 is 0. The van der Waals surface area contributed by atoms with Crippen LogP contribution in [0.4, 0.5) is 8.78 Å². The van der Waals surface area contributed by atoms with E-state index in [9.17, 15) is 13.6 Å². The summed E-state index contributed by atoms with van der Waals surface area (Å²) in [5.41, 5.74) is 0.840. The van der Waals surface area contributed by atoms with Crippen LogP contribution >= 0.6 is 0 Å². The van der Waals surface area contributed by atoms with E-state index >= 15 is 0 Å². The third-order valence-corrected chi connectivity index (χ3v) is 2.48. The van der Waals surface area contributed by atoms with Gasteiger partial charge in [-0.2, -0.15) is 0 Å². The second-order valence-electron chi connectivity index (χ2n) is 3.90. The zero-order chi connectivity index (χ0) is 13.5. The van der Waals surface area contributed by atoms with Crippen molar-refractivity contribution in [3.8, 4) is 0 Å². The summed E-state index contributed by atoms with van der Waals surface area (Å²) < 4.78 is 29.5. The summed E-state index contributed by atoms with van der Waals surface area (Å²) in [6.07, 6.45) is -2.45. The molecule has 0 radical (unpaired) electrons. The molecule has 0 aliphatic heterocycles. The third kappa shape index (κ3) is 4.41. The van der Waals surface area contributed by atoms with E-state index in [1.54, 1.807) is 26.0 Å². The Morgan fingerprint density at radius 1 is 1.33 bits per heavy atom. The fourth-order valence-electron chi connectivity index (χ4n) is 1.40. The summed E-state index contributed by atoms with van der Waals surface area (Å²) in [7, 11) is 0. The van der Waals surface area contributed by atoms with Gasteiger partial charge < -0.3 is 10.1 Å². The van der Waals surface area contributed by atoms with Gasteiger partial charge in [0.05, 0.1) is 6.61 Å². The molecule has 0 bridgehead atoms. The van der Waals surface area contributed by atoms with E-state index in [1.807, 2.05) is 0 Å². The minimum absolute atomic E-state index is 0.00260. The smallest absolute Gasteiger partial charge is 0.322 e. The first kappa shape index (κ1) is 14.6. The fraction of sp³-hybridized carbons (Fsp3) is 0.462. The van der Waals surface area contributed by atoms with E-state index < -0.39 is 12.5 Å². The van der Waals surface area contributed by atoms with Crippen LogP contribution in [0.5, 0.6) is 0 Å². The van der Waals surface area contributed by atoms with Gasteiger partial charge in [0.15, 0.2) is 0 Å². The molecule has 1 aromatic rings. The highest BCUT2D eigenvalue weighted by Crippen LogP contribution is 2.18. The monoisotopic (exact) mass is 257 g/mol. The highest BCUT2D eigenvalue weighted by molar-refractivity contribution is 5.75. The van der Waals surface area contributed by atoms with Crippen LogP contribution in [-0.4, -0.2) is 18.6 Å². The average Bonchev–Trinajstić information content (AvgIpc) is 2.36. The van der Waals surface area contributed by atoms with Crippen LogP contribution in [0.1, 0.15) is 31.4 Å². The number of benzene rings is 1. The number of hydrogen-bond acceptors (Lipinski definition) is 3. The maximum atomic E-state index is 12.3. The fourth-order valence-corrected chi connectivity index (χ4v) is 1.40. The second kappa shape index (κ2) is 7.06. The zero-order valence-corrected chi connectivity index (χ0v) is 10.5. The lowest BCUT2D eigenvalue weighted by Crippen LogP contribution is -2.34. The molecular formula is C13H17F2NO2. The van der Waals surface area contributed by atoms with Crippen molar-refractivity contribution in [3.63, 3.8) is 0 Å². The number of ether oxygens (including phenoxy) is 1. The van der Waals surface area contributed by atoms with Gasteiger partial charge in [0.2, 0.25) is 0 Å². The highest BCUT2D eigenvalue weighted by Gasteiger charge is 2.12. The molecule has 1 atom stereocenters. The Morgan fingerprint density at radius 2 is 1.94 bits per heavy atom. The van der Waals surface area contributed by atoms with E-state index in [-0.39, 0.29) is 11.5 Å². The molecule has 0 saturated carbocycles. The largest absolute Gasteiger partial charge is 0.465 e. The topological polar surface area (TPSA) is 38.3 Å². The number of esters is 1. The Labute approximate surface area is 105 Å². The second-order valence-corrected chi connectivity index (χ2v) is 3.90. The van der Waals surface area contributed by atoms with Gasteiger partial charge in [0.25, 0.3) is 6.43 Å². The van der Waals surface area contributed by atoms with Gasteiger partial charge in [-0.25, -0.2) is 8.78 Å². The van der Waals surface area contributed by atoms with Gasteiger partial charge in [-0.05, 0) is 19.4 Å². The zero-order valence-electron chi connectivity index (χ0n) is 10.5. The first-order valence-corrected chi connectivity index (χ1v) is 5.81. The first-order chi connectivity index (χ1) is 8.54. The Hall–Kier alpha value is -1.49. The lowest BCUT2D eigenvalue weighted by Gasteiger charge is -2.12. The number of alkyl halides is 2. The molecule has 5 heteroatoms. The molecule has 100 valence electrons. The molecule has 0 aliphatic rings. The summed E-state index contributed by atoms with van der Waals surface area (Å²) in [4.78, 5) is 11.3. The SMILES string of the molecule is CCOC(=O)C(C)NCc1ccc(C(F)F)cc1. The van der Waals surface area contributed by atoms with Crippen LogP contribution < -0.4 is 5.32 Å². The van der Waals surface area contributed by atoms with E-state index in [2.05, 4.69) is 5.32 Å². The lowest BCUT2D eigenvalue weighted by molar-refractivity contribution is -0.145. The maximum Gasteiger partial charge on any atom is 0.322 e. The molecule has 0 fully saturated rings. The van der Waals surface area contributed by atoms with Crippen molar-refractivity contribution in [3.05, 3.63) is 35.4 Å². The Balaban J connectivity index is 2.46. The van der Waals surface area contributed by atoms with Crippen molar-refractivity contribution in [1.29, 1.82) is 0 Å². The molecule has 0 spiro atoms. The van der Waals surface area contributed by atoms with Crippen molar-refractivity contribution in [1.82, 2.24) is 5.32 Å². The van der Waals surface area contributed by atoms with Crippen LogP contribution in [-0.2, 0) is 16.1 Å². The van der Waals surface area contributed by atoms with Crippen LogP contribution in [0.3, 0.4) is 0 Å². The minimum Gasteiger partial charge on any atom is -0.465 e. The summed E-state index contributed by atoms with van der Waals surface area (Å²) in [6, 6.07) is 5.59. The van der Waals surface area contributed by atoms with Crippen molar-refractivity contribution in [2.24, 2.45) is 0 Å². The van der Waals surface area contributed by atoms with Gasteiger partial charge in [-0.3, -0.25) is 4.79 Å². The summed E-state index contributed by atoms with van der Waals surface area (Å²) in [5, 5.41) is 2.97. The van der Waals surface area contributed by atoms with Crippen molar-refractivity contribution in [2.45, 2.75) is 32.9 Å². The van der Waals surface area contributed by atoms with Gasteiger partial charge in [0, 0.05) is 12.1 Å². The number of halogens is 2. The van der Waals surface area contributed by atoms with Crippen LogP contribution in [0.15, 0.2) is 24.3 Å². The molecule has 0 aliphatic carbocycles. The molecule has 0 heterocycles. The molecule has 3 nitrogen and oxygen atoms in total. The molecule has 0 aromatic heterocycles. The van der Waals surface area contributed by atoms with Crippen molar-refractivity contribution < 1.29 is 18.3 Å².